The minimum Gasteiger partial charge on any atom is -0.352 e. The first kappa shape index (κ1) is 19.3. The largest absolute Gasteiger partial charge is 0.352 e. The van der Waals surface area contributed by atoms with Gasteiger partial charge >= 0.3 is 0 Å². The molecule has 1 unspecified atom stereocenters. The molecule has 0 radical (unpaired) electrons. The van der Waals surface area contributed by atoms with Crippen molar-refractivity contribution in [3.63, 3.8) is 0 Å². The maximum absolute atomic E-state index is 12.8. The number of rotatable bonds is 7. The summed E-state index contributed by atoms with van der Waals surface area (Å²) in [6.45, 7) is 4.99. The number of carbonyl (C=O) groups is 1. The number of piperidine rings is 1. The molecule has 2 aromatic rings. The summed E-state index contributed by atoms with van der Waals surface area (Å²) in [5, 5.41) is 6.27. The Morgan fingerprint density at radius 1 is 1.41 bits per heavy atom. The van der Waals surface area contributed by atoms with Crippen LogP contribution in [0.5, 0.6) is 0 Å². The number of carbonyl (C=O) groups excluding carboxylic acids is 1. The molecule has 0 aliphatic carbocycles. The molecule has 0 aromatic carbocycles. The van der Waals surface area contributed by atoms with E-state index in [1.807, 2.05) is 37.5 Å². The van der Waals surface area contributed by atoms with E-state index in [0.717, 1.165) is 49.9 Å². The highest BCUT2D eigenvalue weighted by molar-refractivity contribution is 5.95. The Kier molecular flexibility index (Phi) is 6.76. The fraction of sp³-hybridized carbons (Fsp3) is 0.476. The van der Waals surface area contributed by atoms with E-state index in [1.54, 1.807) is 10.8 Å². The Bertz CT molecular complexity index is 811. The van der Waals surface area contributed by atoms with E-state index >= 15 is 0 Å². The first-order valence-corrected chi connectivity index (χ1v) is 9.73. The molecule has 1 aliphatic heterocycles. The molecular formula is C21H28N4O2. The minimum atomic E-state index is -0.278. The average molecular weight is 368 g/mol. The predicted octanol–water partition coefficient (Wildman–Crippen LogP) is 1.91. The van der Waals surface area contributed by atoms with E-state index in [0.29, 0.717) is 19.0 Å². The molecule has 1 aliphatic rings. The molecule has 1 amide bonds. The number of nitrogens with zero attached hydrogens (tertiary/aromatic N) is 2. The third-order valence-corrected chi connectivity index (χ3v) is 5.11. The van der Waals surface area contributed by atoms with E-state index in [-0.39, 0.29) is 17.0 Å². The lowest BCUT2D eigenvalue weighted by atomic mass is 9.99. The molecule has 6 nitrogen and oxygen atoms in total. The summed E-state index contributed by atoms with van der Waals surface area (Å²) in [6.07, 6.45) is 9.30. The molecule has 3 heterocycles. The quantitative estimate of drug-likeness (QED) is 0.732. The van der Waals surface area contributed by atoms with Crippen molar-refractivity contribution in [3.8, 4) is 0 Å². The van der Waals surface area contributed by atoms with Gasteiger partial charge < -0.3 is 15.2 Å². The van der Waals surface area contributed by atoms with Crippen molar-refractivity contribution < 1.29 is 4.79 Å². The molecule has 2 N–H and O–H groups in total. The van der Waals surface area contributed by atoms with E-state index in [4.69, 9.17) is 0 Å². The van der Waals surface area contributed by atoms with Crippen LogP contribution in [-0.4, -0.2) is 35.1 Å². The van der Waals surface area contributed by atoms with Gasteiger partial charge in [0.05, 0.1) is 0 Å². The van der Waals surface area contributed by atoms with E-state index in [9.17, 15) is 9.59 Å². The van der Waals surface area contributed by atoms with Crippen molar-refractivity contribution in [3.05, 3.63) is 63.8 Å². The summed E-state index contributed by atoms with van der Waals surface area (Å²) in [6, 6.07) is 5.79. The van der Waals surface area contributed by atoms with E-state index in [1.165, 1.54) is 0 Å². The normalized spacial score (nSPS) is 16.9. The van der Waals surface area contributed by atoms with Gasteiger partial charge in [0.1, 0.15) is 5.56 Å². The van der Waals surface area contributed by atoms with Crippen LogP contribution >= 0.6 is 0 Å². The first-order valence-electron chi connectivity index (χ1n) is 9.73. The third-order valence-electron chi connectivity index (χ3n) is 5.11. The van der Waals surface area contributed by atoms with Gasteiger partial charge in [-0.2, -0.15) is 0 Å². The SMILES string of the molecule is Cc1ccn(CC2CCCNC2)c(=O)c1C(=O)NCCCc1cccnc1. The van der Waals surface area contributed by atoms with Gasteiger partial charge in [0, 0.05) is 31.7 Å². The fourth-order valence-electron chi connectivity index (χ4n) is 3.57. The fourth-order valence-corrected chi connectivity index (χ4v) is 3.57. The van der Waals surface area contributed by atoms with Crippen LogP contribution in [0, 0.1) is 12.8 Å². The minimum absolute atomic E-state index is 0.190. The van der Waals surface area contributed by atoms with E-state index < -0.39 is 0 Å². The zero-order chi connectivity index (χ0) is 19.1. The molecule has 144 valence electrons. The molecule has 6 heteroatoms. The number of hydrogen-bond acceptors (Lipinski definition) is 4. The average Bonchev–Trinajstić information content (AvgIpc) is 2.69. The Balaban J connectivity index is 1.59. The second-order valence-corrected chi connectivity index (χ2v) is 7.26. The topological polar surface area (TPSA) is 76.0 Å². The predicted molar refractivity (Wildman–Crippen MR) is 106 cm³/mol. The highest BCUT2D eigenvalue weighted by Gasteiger charge is 2.18. The lowest BCUT2D eigenvalue weighted by Gasteiger charge is -2.23. The lowest BCUT2D eigenvalue weighted by molar-refractivity contribution is 0.0950. The Labute approximate surface area is 160 Å². The van der Waals surface area contributed by atoms with Crippen molar-refractivity contribution in [2.24, 2.45) is 5.92 Å². The monoisotopic (exact) mass is 368 g/mol. The summed E-state index contributed by atoms with van der Waals surface area (Å²) < 4.78 is 1.69. The van der Waals surface area contributed by atoms with Crippen molar-refractivity contribution >= 4 is 5.91 Å². The summed E-state index contributed by atoms with van der Waals surface area (Å²) in [7, 11) is 0. The molecule has 1 fully saturated rings. The van der Waals surface area contributed by atoms with Crippen molar-refractivity contribution in [1.29, 1.82) is 0 Å². The molecule has 1 saturated heterocycles. The zero-order valence-corrected chi connectivity index (χ0v) is 15.9. The summed E-state index contributed by atoms with van der Waals surface area (Å²) in [5.41, 5.74) is 1.95. The third kappa shape index (κ3) is 5.26. The van der Waals surface area contributed by atoms with Gasteiger partial charge in [-0.05, 0) is 74.9 Å². The van der Waals surface area contributed by atoms with Gasteiger partial charge in [0.2, 0.25) is 0 Å². The van der Waals surface area contributed by atoms with Crippen LogP contribution in [0.15, 0.2) is 41.6 Å². The highest BCUT2D eigenvalue weighted by atomic mass is 16.2. The maximum Gasteiger partial charge on any atom is 0.263 e. The molecule has 1 atom stereocenters. The molecule has 0 saturated carbocycles. The number of nitrogens with one attached hydrogen (secondary N) is 2. The summed E-state index contributed by atoms with van der Waals surface area (Å²) >= 11 is 0. The first-order chi connectivity index (χ1) is 13.1. The lowest BCUT2D eigenvalue weighted by Crippen LogP contribution is -2.38. The number of aromatic nitrogens is 2. The van der Waals surface area contributed by atoms with Crippen molar-refractivity contribution in [2.45, 2.75) is 39.2 Å². The highest BCUT2D eigenvalue weighted by Crippen LogP contribution is 2.12. The molecular weight excluding hydrogens is 340 g/mol. The van der Waals surface area contributed by atoms with Gasteiger partial charge in [0.15, 0.2) is 0 Å². The van der Waals surface area contributed by atoms with Gasteiger partial charge in [-0.15, -0.1) is 0 Å². The van der Waals surface area contributed by atoms with Crippen LogP contribution < -0.4 is 16.2 Å². The number of hydrogen-bond donors (Lipinski definition) is 2. The van der Waals surface area contributed by atoms with Crippen LogP contribution in [0.1, 0.15) is 40.7 Å². The van der Waals surface area contributed by atoms with E-state index in [2.05, 4.69) is 15.6 Å². The van der Waals surface area contributed by atoms with Crippen molar-refractivity contribution in [1.82, 2.24) is 20.2 Å². The molecule has 0 bridgehead atoms. The Morgan fingerprint density at radius 2 is 2.30 bits per heavy atom. The number of pyridine rings is 2. The smallest absolute Gasteiger partial charge is 0.263 e. The van der Waals surface area contributed by atoms with Crippen molar-refractivity contribution in [2.75, 3.05) is 19.6 Å². The number of aryl methyl sites for hydroxylation is 2. The number of amides is 1. The maximum atomic E-state index is 12.8. The van der Waals surface area contributed by atoms with Crippen LogP contribution in [0.3, 0.4) is 0 Å². The molecule has 2 aromatic heterocycles. The second-order valence-electron chi connectivity index (χ2n) is 7.26. The Morgan fingerprint density at radius 3 is 3.04 bits per heavy atom. The zero-order valence-electron chi connectivity index (χ0n) is 15.9. The van der Waals surface area contributed by atoms with Gasteiger partial charge in [0.25, 0.3) is 11.5 Å². The summed E-state index contributed by atoms with van der Waals surface area (Å²) in [5.74, 6) is 0.161. The molecule has 27 heavy (non-hydrogen) atoms. The van der Waals surface area contributed by atoms with Gasteiger partial charge in [-0.3, -0.25) is 14.6 Å². The summed E-state index contributed by atoms with van der Waals surface area (Å²) in [4.78, 5) is 29.5. The van der Waals surface area contributed by atoms with Crippen LogP contribution in [-0.2, 0) is 13.0 Å². The molecule has 0 spiro atoms. The van der Waals surface area contributed by atoms with Gasteiger partial charge in [-0.25, -0.2) is 0 Å². The molecule has 3 rings (SSSR count). The van der Waals surface area contributed by atoms with Crippen LogP contribution in [0.2, 0.25) is 0 Å². The second kappa shape index (κ2) is 9.46. The van der Waals surface area contributed by atoms with Crippen LogP contribution in [0.4, 0.5) is 0 Å². The van der Waals surface area contributed by atoms with Gasteiger partial charge in [-0.1, -0.05) is 6.07 Å². The Hall–Kier alpha value is -2.47. The standard InChI is InChI=1S/C21H28N4O2/c1-16-8-12-25(15-18-7-3-10-23-14-18)21(27)19(16)20(26)24-11-4-6-17-5-2-9-22-13-17/h2,5,8-9,12-13,18,23H,3-4,6-7,10-11,14-15H2,1H3,(H,24,26). The van der Waals surface area contributed by atoms with Crippen LogP contribution in [0.25, 0.3) is 0 Å².